The van der Waals surface area contributed by atoms with Crippen molar-refractivity contribution in [1.29, 1.82) is 0 Å². The van der Waals surface area contributed by atoms with Crippen molar-refractivity contribution in [1.82, 2.24) is 4.98 Å². The lowest BCUT2D eigenvalue weighted by atomic mass is 10.2. The van der Waals surface area contributed by atoms with E-state index in [1.54, 1.807) is 12.3 Å². The van der Waals surface area contributed by atoms with E-state index >= 15 is 0 Å². The van der Waals surface area contributed by atoms with Gasteiger partial charge in [0.05, 0.1) is 10.6 Å². The molecule has 0 aromatic carbocycles. The Kier molecular flexibility index (Phi) is 4.92. The predicted molar refractivity (Wildman–Crippen MR) is 66.2 cm³/mol. The molecule has 0 saturated heterocycles. The molecule has 1 heterocycles. The number of carbonyl (C=O) groups is 1. The van der Waals surface area contributed by atoms with Gasteiger partial charge in [0.15, 0.2) is 12.1 Å². The number of nitrogens with zero attached hydrogens (tertiary/aromatic N) is 2. The molecule has 0 spiro atoms. The molecule has 1 N–H and O–H groups in total. The SMILES string of the molecule is CC(C)C/C=N\Nc1nccc(Cl)c1C=O. The van der Waals surface area contributed by atoms with Crippen LogP contribution in [0.5, 0.6) is 0 Å². The van der Waals surface area contributed by atoms with Crippen molar-refractivity contribution in [3.8, 4) is 0 Å². The Morgan fingerprint density at radius 2 is 2.38 bits per heavy atom. The molecule has 1 aromatic rings. The van der Waals surface area contributed by atoms with E-state index in [9.17, 15) is 4.79 Å². The predicted octanol–water partition coefficient (Wildman–Crippen LogP) is 2.99. The van der Waals surface area contributed by atoms with Crippen LogP contribution in [-0.4, -0.2) is 17.5 Å². The van der Waals surface area contributed by atoms with Gasteiger partial charge in [0.25, 0.3) is 0 Å². The Hall–Kier alpha value is -1.42. The topological polar surface area (TPSA) is 54.4 Å². The molecule has 0 bridgehead atoms. The summed E-state index contributed by atoms with van der Waals surface area (Å²) in [5.74, 6) is 0.922. The molecule has 4 nitrogen and oxygen atoms in total. The van der Waals surface area contributed by atoms with Crippen LogP contribution in [-0.2, 0) is 0 Å². The van der Waals surface area contributed by atoms with Crippen molar-refractivity contribution in [2.45, 2.75) is 20.3 Å². The zero-order valence-corrected chi connectivity index (χ0v) is 10.0. The van der Waals surface area contributed by atoms with Crippen LogP contribution >= 0.6 is 11.6 Å². The third kappa shape index (κ3) is 3.62. The van der Waals surface area contributed by atoms with Gasteiger partial charge in [-0.25, -0.2) is 4.98 Å². The van der Waals surface area contributed by atoms with Gasteiger partial charge in [0, 0.05) is 12.4 Å². The highest BCUT2D eigenvalue weighted by Gasteiger charge is 2.05. The number of carbonyl (C=O) groups excluding carboxylic acids is 1. The molecule has 0 amide bonds. The molecule has 1 rings (SSSR count). The van der Waals surface area contributed by atoms with Crippen LogP contribution < -0.4 is 5.43 Å². The maximum Gasteiger partial charge on any atom is 0.158 e. The summed E-state index contributed by atoms with van der Waals surface area (Å²) in [4.78, 5) is 14.8. The first-order chi connectivity index (χ1) is 7.65. The van der Waals surface area contributed by atoms with Gasteiger partial charge in [-0.2, -0.15) is 5.10 Å². The lowest BCUT2D eigenvalue weighted by Gasteiger charge is -2.03. The lowest BCUT2D eigenvalue weighted by molar-refractivity contribution is 0.112. The molecule has 1 aromatic heterocycles. The van der Waals surface area contributed by atoms with Crippen molar-refractivity contribution >= 4 is 29.9 Å². The molecule has 0 saturated carbocycles. The summed E-state index contributed by atoms with van der Waals surface area (Å²) in [5, 5.41) is 4.34. The molecule has 16 heavy (non-hydrogen) atoms. The number of anilines is 1. The molecule has 0 fully saturated rings. The van der Waals surface area contributed by atoms with Crippen LogP contribution in [0.25, 0.3) is 0 Å². The first kappa shape index (κ1) is 12.6. The van der Waals surface area contributed by atoms with Gasteiger partial charge in [-0.1, -0.05) is 25.4 Å². The number of hydrogen-bond acceptors (Lipinski definition) is 4. The number of nitrogens with one attached hydrogen (secondary N) is 1. The Labute approximate surface area is 99.7 Å². The van der Waals surface area contributed by atoms with Gasteiger partial charge >= 0.3 is 0 Å². The highest BCUT2D eigenvalue weighted by Crippen LogP contribution is 2.19. The van der Waals surface area contributed by atoms with Crippen molar-refractivity contribution in [3.63, 3.8) is 0 Å². The second-order valence-corrected chi connectivity index (χ2v) is 4.13. The Morgan fingerprint density at radius 3 is 3.00 bits per heavy atom. The van der Waals surface area contributed by atoms with Gasteiger partial charge in [-0.3, -0.25) is 10.2 Å². The average molecular weight is 240 g/mol. The second kappa shape index (κ2) is 6.23. The molecule has 86 valence electrons. The Morgan fingerprint density at radius 1 is 1.62 bits per heavy atom. The molecule has 0 aliphatic carbocycles. The van der Waals surface area contributed by atoms with Crippen molar-refractivity contribution in [3.05, 3.63) is 22.8 Å². The van der Waals surface area contributed by atoms with E-state index in [0.29, 0.717) is 28.6 Å². The summed E-state index contributed by atoms with van der Waals surface area (Å²) in [6, 6.07) is 1.56. The maximum absolute atomic E-state index is 10.8. The number of halogens is 1. The summed E-state index contributed by atoms with van der Waals surface area (Å²) in [6.45, 7) is 4.20. The van der Waals surface area contributed by atoms with Crippen LogP contribution in [0.1, 0.15) is 30.6 Å². The second-order valence-electron chi connectivity index (χ2n) is 3.73. The summed E-state index contributed by atoms with van der Waals surface area (Å²) in [7, 11) is 0. The van der Waals surface area contributed by atoms with E-state index in [1.165, 1.54) is 6.20 Å². The molecular formula is C11H14ClN3O. The molecule has 0 aliphatic rings. The summed E-state index contributed by atoms with van der Waals surface area (Å²) >= 11 is 5.83. The number of rotatable bonds is 5. The fourth-order valence-corrected chi connectivity index (χ4v) is 1.21. The van der Waals surface area contributed by atoms with Crippen LogP contribution in [0.2, 0.25) is 5.02 Å². The van der Waals surface area contributed by atoms with Crippen LogP contribution in [0.15, 0.2) is 17.4 Å². The van der Waals surface area contributed by atoms with E-state index in [1.807, 2.05) is 0 Å². The molecular weight excluding hydrogens is 226 g/mol. The van der Waals surface area contributed by atoms with Gasteiger partial charge in [0.2, 0.25) is 0 Å². The molecule has 0 atom stereocenters. The normalized spacial score (nSPS) is 11.0. The van der Waals surface area contributed by atoms with Gasteiger partial charge in [-0.15, -0.1) is 0 Å². The van der Waals surface area contributed by atoms with E-state index in [-0.39, 0.29) is 0 Å². The van der Waals surface area contributed by atoms with E-state index in [0.717, 1.165) is 6.42 Å². The molecule has 5 heteroatoms. The molecule has 0 radical (unpaired) electrons. The highest BCUT2D eigenvalue weighted by atomic mass is 35.5. The number of aromatic nitrogens is 1. The first-order valence-corrected chi connectivity index (χ1v) is 5.40. The quantitative estimate of drug-likeness (QED) is 0.488. The molecule has 0 unspecified atom stereocenters. The third-order valence-electron chi connectivity index (χ3n) is 1.89. The smallest absolute Gasteiger partial charge is 0.158 e. The van der Waals surface area contributed by atoms with E-state index < -0.39 is 0 Å². The van der Waals surface area contributed by atoms with Crippen molar-refractivity contribution < 1.29 is 4.79 Å². The average Bonchev–Trinajstić information content (AvgIpc) is 2.24. The van der Waals surface area contributed by atoms with Gasteiger partial charge in [0.1, 0.15) is 0 Å². The Bertz CT molecular complexity index is 391. The zero-order valence-electron chi connectivity index (χ0n) is 9.27. The maximum atomic E-state index is 10.8. The van der Waals surface area contributed by atoms with E-state index in [4.69, 9.17) is 11.6 Å². The number of hydrogen-bond donors (Lipinski definition) is 1. The van der Waals surface area contributed by atoms with Crippen LogP contribution in [0, 0.1) is 5.92 Å². The summed E-state index contributed by atoms with van der Waals surface area (Å²) < 4.78 is 0. The third-order valence-corrected chi connectivity index (χ3v) is 2.22. The van der Waals surface area contributed by atoms with E-state index in [2.05, 4.69) is 29.4 Å². The minimum Gasteiger partial charge on any atom is -0.298 e. The largest absolute Gasteiger partial charge is 0.298 e. The van der Waals surface area contributed by atoms with Crippen molar-refractivity contribution in [2.24, 2.45) is 11.0 Å². The standard InChI is InChI=1S/C11H14ClN3O/c1-8(2)3-6-14-15-11-9(7-16)10(12)4-5-13-11/h4-8H,3H2,1-2H3,(H,13,15)/b14-6-. The minimum atomic E-state index is 0.325. The lowest BCUT2D eigenvalue weighted by Crippen LogP contribution is -1.99. The summed E-state index contributed by atoms with van der Waals surface area (Å²) in [6.07, 6.45) is 4.80. The van der Waals surface area contributed by atoms with Crippen LogP contribution in [0.4, 0.5) is 5.82 Å². The monoisotopic (exact) mass is 239 g/mol. The van der Waals surface area contributed by atoms with Gasteiger partial charge < -0.3 is 0 Å². The summed E-state index contributed by atoms with van der Waals surface area (Å²) in [5.41, 5.74) is 3.03. The van der Waals surface area contributed by atoms with Crippen molar-refractivity contribution in [2.75, 3.05) is 5.43 Å². The highest BCUT2D eigenvalue weighted by molar-refractivity contribution is 6.33. The van der Waals surface area contributed by atoms with Crippen LogP contribution in [0.3, 0.4) is 0 Å². The Balaban J connectivity index is 2.70. The van der Waals surface area contributed by atoms with Gasteiger partial charge in [-0.05, 0) is 18.4 Å². The fraction of sp³-hybridized carbons (Fsp3) is 0.364. The number of pyridine rings is 1. The minimum absolute atomic E-state index is 0.325. The number of hydrazone groups is 1. The number of aldehydes is 1. The fourth-order valence-electron chi connectivity index (χ4n) is 1.02. The first-order valence-electron chi connectivity index (χ1n) is 5.02. The molecule has 0 aliphatic heterocycles. The zero-order chi connectivity index (χ0) is 12.0.